The van der Waals surface area contributed by atoms with Gasteiger partial charge in [-0.3, -0.25) is 14.4 Å². The van der Waals surface area contributed by atoms with Crippen LogP contribution < -0.4 is 10.6 Å². The minimum absolute atomic E-state index is 0.00541. The van der Waals surface area contributed by atoms with Gasteiger partial charge in [-0.15, -0.1) is 0 Å². The summed E-state index contributed by atoms with van der Waals surface area (Å²) >= 11 is 0. The molecule has 0 saturated carbocycles. The molecule has 2 atom stereocenters. The molecule has 10 heteroatoms. The maximum absolute atomic E-state index is 14.3. The van der Waals surface area contributed by atoms with Crippen LogP contribution in [0.1, 0.15) is 77.5 Å². The Kier molecular flexibility index (Phi) is 13.8. The van der Waals surface area contributed by atoms with Crippen LogP contribution in [0.4, 0.5) is 4.79 Å². The molecule has 2 aromatic rings. The minimum Gasteiger partial charge on any atom is -0.508 e. The lowest BCUT2D eigenvalue weighted by molar-refractivity contribution is -0.144. The summed E-state index contributed by atoms with van der Waals surface area (Å²) in [5.41, 5.74) is 0.505. The monoisotopic (exact) mass is 583 g/mol. The molecule has 0 heterocycles. The first-order valence-electron chi connectivity index (χ1n) is 14.5. The third kappa shape index (κ3) is 11.8. The molecule has 0 aliphatic rings. The zero-order valence-electron chi connectivity index (χ0n) is 25.4. The largest absolute Gasteiger partial charge is 0.508 e. The fraction of sp³-hybridized carbons (Fsp3) is 0.500. The predicted octanol–water partition coefficient (Wildman–Crippen LogP) is 4.66. The number of nitrogens with one attached hydrogen (secondary N) is 2. The number of ether oxygens (including phenoxy) is 2. The molecule has 230 valence electrons. The van der Waals surface area contributed by atoms with E-state index >= 15 is 0 Å². The number of carbonyl (C=O) groups excluding carboxylic acids is 4. The van der Waals surface area contributed by atoms with Crippen LogP contribution in [0.5, 0.6) is 5.75 Å². The summed E-state index contributed by atoms with van der Waals surface area (Å²) in [6, 6.07) is 13.2. The van der Waals surface area contributed by atoms with E-state index < -0.39 is 41.6 Å². The molecule has 3 amide bonds. The lowest BCUT2D eigenvalue weighted by atomic mass is 9.99. The average molecular weight is 584 g/mol. The van der Waals surface area contributed by atoms with Crippen molar-refractivity contribution in [3.05, 3.63) is 65.7 Å². The van der Waals surface area contributed by atoms with Crippen LogP contribution in [0.2, 0.25) is 0 Å². The molecule has 0 spiro atoms. The molecule has 2 aromatic carbocycles. The number of nitrogens with zero attached hydrogens (tertiary/aromatic N) is 1. The lowest BCUT2D eigenvalue weighted by Crippen LogP contribution is -2.54. The molecule has 0 saturated heterocycles. The molecular weight excluding hydrogens is 538 g/mol. The number of hydrogen-bond acceptors (Lipinski definition) is 7. The standard InChI is InChI=1S/C32H45N3O7/c1-6-8-12-21-35(28(24-13-10-9-11-14-24)29(38)33-20-19-27(37)41-7-2)30(39)26(34-31(40)42-32(3,4)5)22-23-15-17-25(36)18-16-23/h9-11,13-18,26,28,36H,6-8,12,19-22H2,1-5H3,(H,33,38)(H,34,40). The van der Waals surface area contributed by atoms with Crippen LogP contribution in [0.25, 0.3) is 0 Å². The van der Waals surface area contributed by atoms with E-state index in [0.717, 1.165) is 12.8 Å². The van der Waals surface area contributed by atoms with Crippen LogP contribution in [0, 0.1) is 0 Å². The summed E-state index contributed by atoms with van der Waals surface area (Å²) < 4.78 is 10.4. The maximum Gasteiger partial charge on any atom is 0.408 e. The molecule has 42 heavy (non-hydrogen) atoms. The normalized spacial score (nSPS) is 12.5. The minimum atomic E-state index is -1.07. The van der Waals surface area contributed by atoms with E-state index in [2.05, 4.69) is 10.6 Å². The number of amides is 3. The van der Waals surface area contributed by atoms with E-state index in [1.807, 2.05) is 13.0 Å². The zero-order chi connectivity index (χ0) is 31.1. The van der Waals surface area contributed by atoms with Gasteiger partial charge in [-0.1, -0.05) is 62.2 Å². The Balaban J connectivity index is 2.47. The second-order valence-corrected chi connectivity index (χ2v) is 11.0. The Morgan fingerprint density at radius 3 is 2.21 bits per heavy atom. The topological polar surface area (TPSA) is 134 Å². The highest BCUT2D eigenvalue weighted by atomic mass is 16.6. The van der Waals surface area contributed by atoms with E-state index in [-0.39, 0.29) is 38.3 Å². The maximum atomic E-state index is 14.3. The van der Waals surface area contributed by atoms with Crippen molar-refractivity contribution in [2.24, 2.45) is 0 Å². The SMILES string of the molecule is CCCCCN(C(=O)C(Cc1ccc(O)cc1)NC(=O)OC(C)(C)C)C(C(=O)NCCC(=O)OCC)c1ccccc1. The molecule has 2 rings (SSSR count). The van der Waals surface area contributed by atoms with Gasteiger partial charge in [-0.25, -0.2) is 4.79 Å². The Morgan fingerprint density at radius 2 is 1.62 bits per heavy atom. The van der Waals surface area contributed by atoms with Crippen LogP contribution in [-0.4, -0.2) is 65.2 Å². The van der Waals surface area contributed by atoms with E-state index in [4.69, 9.17) is 9.47 Å². The van der Waals surface area contributed by atoms with Crippen molar-refractivity contribution in [1.29, 1.82) is 0 Å². The zero-order valence-corrected chi connectivity index (χ0v) is 25.4. The first kappa shape index (κ1) is 34.1. The number of aromatic hydroxyl groups is 1. The molecule has 0 aliphatic heterocycles. The van der Waals surface area contributed by atoms with Gasteiger partial charge in [0.05, 0.1) is 13.0 Å². The molecule has 0 radical (unpaired) electrons. The highest BCUT2D eigenvalue weighted by molar-refractivity contribution is 5.92. The van der Waals surface area contributed by atoms with Crippen molar-refractivity contribution < 1.29 is 33.8 Å². The van der Waals surface area contributed by atoms with Gasteiger partial charge in [0.15, 0.2) is 0 Å². The Hall–Kier alpha value is -4.08. The van der Waals surface area contributed by atoms with Gasteiger partial charge in [0, 0.05) is 19.5 Å². The van der Waals surface area contributed by atoms with Crippen molar-refractivity contribution >= 4 is 23.9 Å². The van der Waals surface area contributed by atoms with E-state index in [1.165, 1.54) is 17.0 Å². The highest BCUT2D eigenvalue weighted by Crippen LogP contribution is 2.24. The molecular formula is C32H45N3O7. The predicted molar refractivity (Wildman–Crippen MR) is 160 cm³/mol. The fourth-order valence-electron chi connectivity index (χ4n) is 4.34. The third-order valence-electron chi connectivity index (χ3n) is 6.26. The number of esters is 1. The molecule has 0 aliphatic carbocycles. The summed E-state index contributed by atoms with van der Waals surface area (Å²) in [6.07, 6.45) is 1.71. The van der Waals surface area contributed by atoms with Gasteiger partial charge in [-0.05, 0) is 57.4 Å². The van der Waals surface area contributed by atoms with Crippen LogP contribution in [0.3, 0.4) is 0 Å². The van der Waals surface area contributed by atoms with Gasteiger partial charge in [0.1, 0.15) is 23.4 Å². The number of unbranched alkanes of at least 4 members (excludes halogenated alkanes) is 2. The van der Waals surface area contributed by atoms with Gasteiger partial charge in [0.25, 0.3) is 0 Å². The van der Waals surface area contributed by atoms with Crippen LogP contribution in [-0.2, 0) is 30.3 Å². The summed E-state index contributed by atoms with van der Waals surface area (Å²) in [6.45, 7) is 9.49. The van der Waals surface area contributed by atoms with Crippen molar-refractivity contribution in [3.8, 4) is 5.75 Å². The summed E-state index contributed by atoms with van der Waals surface area (Å²) in [5, 5.41) is 15.2. The summed E-state index contributed by atoms with van der Waals surface area (Å²) in [4.78, 5) is 54.3. The quantitative estimate of drug-likeness (QED) is 0.205. The fourth-order valence-corrected chi connectivity index (χ4v) is 4.34. The van der Waals surface area contributed by atoms with Gasteiger partial charge < -0.3 is 30.1 Å². The van der Waals surface area contributed by atoms with Gasteiger partial charge in [0.2, 0.25) is 11.8 Å². The lowest BCUT2D eigenvalue weighted by Gasteiger charge is -2.34. The van der Waals surface area contributed by atoms with Gasteiger partial charge in [-0.2, -0.15) is 0 Å². The Labute approximate surface area is 248 Å². The number of phenolic OH excluding ortho intramolecular Hbond substituents is 1. The number of alkyl carbamates (subject to hydrolysis) is 1. The van der Waals surface area contributed by atoms with E-state index in [1.54, 1.807) is 64.1 Å². The number of carbonyl (C=O) groups is 4. The second kappa shape index (κ2) is 17.0. The first-order chi connectivity index (χ1) is 19.9. The van der Waals surface area contributed by atoms with Gasteiger partial charge >= 0.3 is 12.1 Å². The van der Waals surface area contributed by atoms with E-state index in [0.29, 0.717) is 17.5 Å². The summed E-state index contributed by atoms with van der Waals surface area (Å²) in [5.74, 6) is -1.26. The van der Waals surface area contributed by atoms with Crippen molar-refractivity contribution in [2.45, 2.75) is 84.4 Å². The second-order valence-electron chi connectivity index (χ2n) is 11.0. The van der Waals surface area contributed by atoms with E-state index in [9.17, 15) is 24.3 Å². The number of rotatable bonds is 15. The Bertz CT molecular complexity index is 1150. The van der Waals surface area contributed by atoms with Crippen molar-refractivity contribution in [2.75, 3.05) is 19.7 Å². The number of hydrogen-bond donors (Lipinski definition) is 3. The highest BCUT2D eigenvalue weighted by Gasteiger charge is 2.36. The smallest absolute Gasteiger partial charge is 0.408 e. The first-order valence-corrected chi connectivity index (χ1v) is 14.5. The van der Waals surface area contributed by atoms with Crippen molar-refractivity contribution in [3.63, 3.8) is 0 Å². The molecule has 0 fully saturated rings. The number of phenols is 1. The number of benzene rings is 2. The average Bonchev–Trinajstić information content (AvgIpc) is 2.92. The van der Waals surface area contributed by atoms with Crippen molar-refractivity contribution in [1.82, 2.24) is 15.5 Å². The summed E-state index contributed by atoms with van der Waals surface area (Å²) in [7, 11) is 0. The molecule has 10 nitrogen and oxygen atoms in total. The van der Waals surface area contributed by atoms with Crippen LogP contribution in [0.15, 0.2) is 54.6 Å². The molecule has 3 N–H and O–H groups in total. The third-order valence-corrected chi connectivity index (χ3v) is 6.26. The Morgan fingerprint density at radius 1 is 0.952 bits per heavy atom. The molecule has 0 bridgehead atoms. The molecule has 0 aromatic heterocycles. The van der Waals surface area contributed by atoms with Crippen LogP contribution >= 0.6 is 0 Å². The molecule has 2 unspecified atom stereocenters.